The van der Waals surface area contributed by atoms with Crippen molar-refractivity contribution in [3.8, 4) is 0 Å². The van der Waals surface area contributed by atoms with Crippen molar-refractivity contribution in [2.24, 2.45) is 11.3 Å². The molecule has 4 aromatic rings. The van der Waals surface area contributed by atoms with Crippen LogP contribution in [0, 0.1) is 17.4 Å². The topological polar surface area (TPSA) is 0 Å². The van der Waals surface area contributed by atoms with E-state index in [1.165, 1.54) is 80.0 Å². The molecule has 0 aromatic heterocycles. The number of benzene rings is 3. The van der Waals surface area contributed by atoms with Crippen LogP contribution in [0.2, 0.25) is 0 Å². The van der Waals surface area contributed by atoms with Gasteiger partial charge in [-0.1, -0.05) is 129 Å². The van der Waals surface area contributed by atoms with E-state index in [-0.39, 0.29) is 35.6 Å². The van der Waals surface area contributed by atoms with Crippen molar-refractivity contribution in [3.05, 3.63) is 113 Å². The first kappa shape index (κ1) is 41.4. The van der Waals surface area contributed by atoms with E-state index in [4.69, 9.17) is 0 Å². The predicted molar refractivity (Wildman–Crippen MR) is 189 cm³/mol. The molecule has 0 spiro atoms. The number of hydrogen-bond acceptors (Lipinski definition) is 0. The Kier molecular flexibility index (Phi) is 15.6. The van der Waals surface area contributed by atoms with Crippen LogP contribution in [0.15, 0.2) is 90.0 Å². The molecule has 0 aliphatic heterocycles. The smallest absolute Gasteiger partial charge is 1.00 e. The van der Waals surface area contributed by atoms with Gasteiger partial charge >= 0.3 is 76.7 Å². The van der Waals surface area contributed by atoms with Gasteiger partial charge in [-0.3, -0.25) is 6.08 Å². The molecular weight excluding hydrogens is 667 g/mol. The Morgan fingerprint density at radius 1 is 0.711 bits per heavy atom. The zero-order chi connectivity index (χ0) is 32.2. The fourth-order valence-corrected chi connectivity index (χ4v) is 5.95. The monoisotopic (exact) mass is 718 g/mol. The Balaban J connectivity index is 0.000000362. The molecule has 0 heterocycles. The Hall–Kier alpha value is -1.66. The molecule has 4 aromatic carbocycles. The van der Waals surface area contributed by atoms with Gasteiger partial charge in [-0.05, 0) is 10.8 Å². The SMILES string of the molecule is CC(C)(C)c1ccc2c(c1)[cH-]c1cc(C(C)(C)C)ccc12.CCC1=[C-]C(C)C=C1C(C)(C)C.CC[C](=[Zr+2])c1ccccc1.[Cl-].[Cl-]. The van der Waals surface area contributed by atoms with Crippen LogP contribution in [-0.4, -0.2) is 3.21 Å². The van der Waals surface area contributed by atoms with E-state index in [9.17, 15) is 0 Å². The van der Waals surface area contributed by atoms with Crippen LogP contribution < -0.4 is 24.8 Å². The largest absolute Gasteiger partial charge is 1.00 e. The summed E-state index contributed by atoms with van der Waals surface area (Å²) in [6.45, 7) is 27.1. The van der Waals surface area contributed by atoms with Gasteiger partial charge in [0.25, 0.3) is 0 Å². The van der Waals surface area contributed by atoms with Gasteiger partial charge in [-0.25, -0.2) is 5.57 Å². The summed E-state index contributed by atoms with van der Waals surface area (Å²) in [5.74, 6) is 0.522. The molecule has 45 heavy (non-hydrogen) atoms. The van der Waals surface area contributed by atoms with Crippen LogP contribution in [0.5, 0.6) is 0 Å². The van der Waals surface area contributed by atoms with Crippen LogP contribution in [0.1, 0.15) is 113 Å². The zero-order valence-electron chi connectivity index (χ0n) is 29.8. The minimum Gasteiger partial charge on any atom is -1.00 e. The van der Waals surface area contributed by atoms with E-state index in [1.807, 2.05) is 0 Å². The summed E-state index contributed by atoms with van der Waals surface area (Å²) in [6, 6.07) is 26.8. The summed E-state index contributed by atoms with van der Waals surface area (Å²) in [5, 5.41) is 5.48. The number of allylic oxidation sites excluding steroid dienone is 4. The van der Waals surface area contributed by atoms with E-state index in [0.717, 1.165) is 6.42 Å². The van der Waals surface area contributed by atoms with Crippen molar-refractivity contribution in [3.63, 3.8) is 0 Å². The molecule has 0 N–H and O–H groups in total. The number of halogens is 2. The van der Waals surface area contributed by atoms with Crippen molar-refractivity contribution < 1.29 is 49.0 Å². The molecule has 0 nitrogen and oxygen atoms in total. The molecule has 5 rings (SSSR count). The Morgan fingerprint density at radius 3 is 1.53 bits per heavy atom. The van der Waals surface area contributed by atoms with Crippen molar-refractivity contribution in [2.45, 2.75) is 107 Å². The van der Waals surface area contributed by atoms with Crippen LogP contribution in [0.4, 0.5) is 0 Å². The first-order valence-electron chi connectivity index (χ1n) is 16.1. The van der Waals surface area contributed by atoms with Crippen molar-refractivity contribution in [2.75, 3.05) is 0 Å². The second-order valence-electron chi connectivity index (χ2n) is 15.0. The Bertz CT molecular complexity index is 1530. The van der Waals surface area contributed by atoms with Gasteiger partial charge in [-0.2, -0.15) is 11.6 Å². The maximum atomic E-state index is 3.48. The normalized spacial score (nSPS) is 14.7. The molecule has 1 unspecified atom stereocenters. The number of fused-ring (bicyclic) bond motifs is 3. The molecule has 1 aliphatic rings. The average molecular weight is 721 g/mol. The van der Waals surface area contributed by atoms with Crippen LogP contribution >= 0.6 is 0 Å². The maximum Gasteiger partial charge on any atom is -1.00 e. The molecule has 0 saturated carbocycles. The predicted octanol–water partition coefficient (Wildman–Crippen LogP) is 6.23. The summed E-state index contributed by atoms with van der Waals surface area (Å²) in [4.78, 5) is 0. The minimum absolute atomic E-state index is 0. The van der Waals surface area contributed by atoms with Gasteiger partial charge in [0.15, 0.2) is 0 Å². The van der Waals surface area contributed by atoms with E-state index in [2.05, 4.69) is 168 Å². The average Bonchev–Trinajstić information content (AvgIpc) is 3.52. The first-order valence-corrected chi connectivity index (χ1v) is 17.3. The molecule has 0 fully saturated rings. The first-order chi connectivity index (χ1) is 20.0. The van der Waals surface area contributed by atoms with Gasteiger partial charge in [0, 0.05) is 0 Å². The van der Waals surface area contributed by atoms with E-state index >= 15 is 0 Å². The zero-order valence-corrected chi connectivity index (χ0v) is 33.7. The molecule has 0 radical (unpaired) electrons. The van der Waals surface area contributed by atoms with E-state index in [0.29, 0.717) is 11.3 Å². The number of hydrogen-bond donors (Lipinski definition) is 0. The van der Waals surface area contributed by atoms with Crippen molar-refractivity contribution >= 4 is 24.8 Å². The molecule has 3 heteroatoms. The quantitative estimate of drug-likeness (QED) is 0.221. The fraction of sp³-hybridized carbons (Fsp3) is 0.429. The third kappa shape index (κ3) is 11.2. The summed E-state index contributed by atoms with van der Waals surface area (Å²) in [7, 11) is 0. The maximum absolute atomic E-state index is 3.48. The van der Waals surface area contributed by atoms with Crippen molar-refractivity contribution in [1.29, 1.82) is 0 Å². The van der Waals surface area contributed by atoms with E-state index < -0.39 is 0 Å². The van der Waals surface area contributed by atoms with Crippen molar-refractivity contribution in [1.82, 2.24) is 0 Å². The molecule has 0 amide bonds. The molecule has 0 bridgehead atoms. The fourth-order valence-electron chi connectivity index (χ4n) is 5.54. The second-order valence-corrected chi connectivity index (χ2v) is 16.5. The summed E-state index contributed by atoms with van der Waals surface area (Å²) in [5.41, 5.74) is 7.84. The Labute approximate surface area is 302 Å². The van der Waals surface area contributed by atoms with Gasteiger partial charge in [0.1, 0.15) is 0 Å². The van der Waals surface area contributed by atoms with Gasteiger partial charge < -0.3 is 24.8 Å². The summed E-state index contributed by atoms with van der Waals surface area (Å²) in [6.07, 6.45) is 8.13. The third-order valence-electron chi connectivity index (χ3n) is 8.22. The summed E-state index contributed by atoms with van der Waals surface area (Å²) < 4.78 is 1.55. The third-order valence-corrected chi connectivity index (χ3v) is 9.80. The number of rotatable bonds is 3. The van der Waals surface area contributed by atoms with E-state index in [1.54, 1.807) is 3.21 Å². The molecule has 1 aliphatic carbocycles. The molecule has 1 atom stereocenters. The van der Waals surface area contributed by atoms with Gasteiger partial charge in [-0.15, -0.1) is 39.7 Å². The Morgan fingerprint density at radius 2 is 1.18 bits per heavy atom. The van der Waals surface area contributed by atoms with Gasteiger partial charge in [0.05, 0.1) is 0 Å². The second kappa shape index (κ2) is 17.0. The minimum atomic E-state index is 0. The molecule has 0 saturated heterocycles. The van der Waals surface area contributed by atoms with Crippen LogP contribution in [-0.2, 0) is 35.1 Å². The molecular formula is C42H54Cl2Zr-2. The van der Waals surface area contributed by atoms with Crippen LogP contribution in [0.25, 0.3) is 21.5 Å². The standard InChI is InChI=1S/C21H25.C12H19.C9H10.2ClH.Zr/c1-20(2,3)16-7-9-18-14(12-16)11-15-13-17(21(4,5)6)8-10-19(15)18;1-6-10-7-9(2)8-11(10)12(3,4)5;1-2-6-9-7-4-3-5-8-9;;;/h7-13H,1-6H3;8-9H,6H2,1-5H3;3-5,7-8H,2H2,1H3;2*1H;/q2*-1;;;;+2/p-2. The van der Waals surface area contributed by atoms with Crippen LogP contribution in [0.3, 0.4) is 0 Å². The molecule has 242 valence electrons. The van der Waals surface area contributed by atoms with Gasteiger partial charge in [0.2, 0.25) is 0 Å². The summed E-state index contributed by atoms with van der Waals surface area (Å²) >= 11 is 1.54.